The van der Waals surface area contributed by atoms with Crippen LogP contribution in [-0.4, -0.2) is 61.9 Å². The minimum absolute atomic E-state index is 0.0728. The number of carbonyl (C=O) groups excluding carboxylic acids is 1. The summed E-state index contributed by atoms with van der Waals surface area (Å²) < 4.78 is 0. The van der Waals surface area contributed by atoms with E-state index in [2.05, 4.69) is 9.88 Å². The molecular formula is C14H25NO3Sn+2. The first-order valence-corrected chi connectivity index (χ1v) is 11.9. The fourth-order valence-electron chi connectivity index (χ4n) is 1.56. The Morgan fingerprint density at radius 2 is 1.79 bits per heavy atom. The summed E-state index contributed by atoms with van der Waals surface area (Å²) in [6.07, 6.45) is -0.398. The zero-order chi connectivity index (χ0) is 14.8. The second-order valence-corrected chi connectivity index (χ2v) is 7.32. The van der Waals surface area contributed by atoms with Crippen LogP contribution in [0.1, 0.15) is 18.6 Å². The second kappa shape index (κ2) is 10.2. The van der Waals surface area contributed by atoms with E-state index >= 15 is 0 Å². The average Bonchev–Trinajstić information content (AvgIpc) is 2.38. The molecule has 4 N–H and O–H groups in total. The molecule has 0 aliphatic heterocycles. The van der Waals surface area contributed by atoms with Gasteiger partial charge in [-0.2, -0.15) is 0 Å². The van der Waals surface area contributed by atoms with Crippen LogP contribution < -0.4 is 0 Å². The zero-order valence-corrected chi connectivity index (χ0v) is 15.0. The molecule has 0 heterocycles. The SMILES string of the molecule is CC(C([OH2+])c1ccccc1)N(C)CC(=O)[OH2+].[CH3][Sn][CH3]. The van der Waals surface area contributed by atoms with Crippen molar-refractivity contribution in [3.8, 4) is 0 Å². The van der Waals surface area contributed by atoms with Gasteiger partial charge in [0.25, 0.3) is 0 Å². The van der Waals surface area contributed by atoms with Crippen molar-refractivity contribution in [3.05, 3.63) is 35.9 Å². The molecule has 2 radical (unpaired) electrons. The van der Waals surface area contributed by atoms with Crippen LogP contribution in [0.2, 0.25) is 9.88 Å². The van der Waals surface area contributed by atoms with Gasteiger partial charge in [0.2, 0.25) is 0 Å². The van der Waals surface area contributed by atoms with Crippen LogP contribution >= 0.6 is 0 Å². The predicted molar refractivity (Wildman–Crippen MR) is 81.0 cm³/mol. The van der Waals surface area contributed by atoms with Crippen LogP contribution in [0.4, 0.5) is 0 Å². The zero-order valence-electron chi connectivity index (χ0n) is 12.1. The van der Waals surface area contributed by atoms with E-state index in [-0.39, 0.29) is 33.7 Å². The Hall–Kier alpha value is -0.591. The molecule has 0 saturated carbocycles. The molecule has 0 aromatic heterocycles. The summed E-state index contributed by atoms with van der Waals surface area (Å²) in [6, 6.07) is 9.45. The van der Waals surface area contributed by atoms with Crippen LogP contribution in [-0.2, 0) is 4.79 Å². The fourth-order valence-corrected chi connectivity index (χ4v) is 1.56. The molecule has 4 nitrogen and oxygen atoms in total. The molecule has 0 aliphatic rings. The molecule has 0 spiro atoms. The molecule has 1 aromatic rings. The van der Waals surface area contributed by atoms with Crippen molar-refractivity contribution in [2.75, 3.05) is 13.6 Å². The van der Waals surface area contributed by atoms with E-state index in [4.69, 9.17) is 10.2 Å². The van der Waals surface area contributed by atoms with Gasteiger partial charge in [-0.25, -0.2) is 0 Å². The Morgan fingerprint density at radius 1 is 1.32 bits per heavy atom. The third-order valence-corrected chi connectivity index (χ3v) is 2.73. The maximum absolute atomic E-state index is 10.7. The Kier molecular flexibility index (Phi) is 9.91. The van der Waals surface area contributed by atoms with E-state index in [1.54, 1.807) is 11.9 Å². The summed E-state index contributed by atoms with van der Waals surface area (Å²) in [7, 11) is 1.77. The molecule has 0 bridgehead atoms. The molecule has 1 rings (SSSR count). The number of likely N-dealkylation sites (N-methyl/N-ethyl adjacent to an activating group) is 1. The van der Waals surface area contributed by atoms with Crippen LogP contribution in [0.5, 0.6) is 0 Å². The third kappa shape index (κ3) is 7.54. The van der Waals surface area contributed by atoms with E-state index in [0.717, 1.165) is 5.56 Å². The van der Waals surface area contributed by atoms with Crippen LogP contribution in [0.25, 0.3) is 0 Å². The molecule has 5 heteroatoms. The third-order valence-electron chi connectivity index (χ3n) is 2.73. The maximum atomic E-state index is 10.7. The van der Waals surface area contributed by atoms with Gasteiger partial charge in [0.1, 0.15) is 0 Å². The monoisotopic (exact) mass is 375 g/mol. The second-order valence-electron chi connectivity index (χ2n) is 4.47. The molecule has 0 fully saturated rings. The molecule has 0 amide bonds. The summed E-state index contributed by atoms with van der Waals surface area (Å²) >= 11 is 0.230. The van der Waals surface area contributed by atoms with Gasteiger partial charge < -0.3 is 10.2 Å². The van der Waals surface area contributed by atoms with Crippen LogP contribution in [0.3, 0.4) is 0 Å². The predicted octanol–water partition coefficient (Wildman–Crippen LogP) is 0.811. The van der Waals surface area contributed by atoms with E-state index in [1.165, 1.54) is 0 Å². The quantitative estimate of drug-likeness (QED) is 0.566. The van der Waals surface area contributed by atoms with Crippen molar-refractivity contribution in [2.45, 2.75) is 28.9 Å². The van der Waals surface area contributed by atoms with Gasteiger partial charge in [0.05, 0.1) is 6.04 Å². The minimum atomic E-state index is -0.616. The van der Waals surface area contributed by atoms with Crippen molar-refractivity contribution < 1.29 is 15.0 Å². The Bertz CT molecular complexity index is 359. The van der Waals surface area contributed by atoms with Crippen LogP contribution in [0, 0.1) is 0 Å². The number of hydrogen-bond donors (Lipinski definition) is 0. The van der Waals surface area contributed by atoms with Gasteiger partial charge in [-0.15, -0.1) is 0 Å². The van der Waals surface area contributed by atoms with E-state index in [0.29, 0.717) is 0 Å². The topological polar surface area (TPSA) is 66.1 Å². The number of hydrogen-bond acceptors (Lipinski definition) is 2. The first-order valence-electron chi connectivity index (χ1n) is 6.23. The van der Waals surface area contributed by atoms with Crippen molar-refractivity contribution in [1.29, 1.82) is 0 Å². The Balaban J connectivity index is 0.000000982. The van der Waals surface area contributed by atoms with Gasteiger partial charge in [-0.3, -0.25) is 4.90 Å². The summed E-state index contributed by atoms with van der Waals surface area (Å²) in [5, 5.41) is 15.0. The number of benzene rings is 1. The summed E-state index contributed by atoms with van der Waals surface area (Å²) in [4.78, 5) is 17.0. The molecule has 0 aliphatic carbocycles. The normalized spacial score (nSPS) is 13.4. The molecule has 1 aromatic carbocycles. The van der Waals surface area contributed by atoms with Crippen molar-refractivity contribution >= 4 is 27.1 Å². The summed E-state index contributed by atoms with van der Waals surface area (Å²) in [5.41, 5.74) is 0.930. The average molecular weight is 374 g/mol. The van der Waals surface area contributed by atoms with Gasteiger partial charge >= 0.3 is 37.0 Å². The summed E-state index contributed by atoms with van der Waals surface area (Å²) in [6.45, 7) is 1.97. The van der Waals surface area contributed by atoms with Gasteiger partial charge in [0.15, 0.2) is 12.6 Å². The Labute approximate surface area is 125 Å². The number of rotatable bonds is 5. The molecule has 2 atom stereocenters. The van der Waals surface area contributed by atoms with E-state index < -0.39 is 12.1 Å². The van der Waals surface area contributed by atoms with Crippen molar-refractivity contribution in [1.82, 2.24) is 4.90 Å². The van der Waals surface area contributed by atoms with E-state index in [1.807, 2.05) is 37.3 Å². The Morgan fingerprint density at radius 3 is 2.21 bits per heavy atom. The number of carbonyl (C=O) groups is 1. The molecular weight excluding hydrogens is 349 g/mol. The van der Waals surface area contributed by atoms with Crippen molar-refractivity contribution in [2.24, 2.45) is 0 Å². The molecule has 19 heavy (non-hydrogen) atoms. The summed E-state index contributed by atoms with van der Waals surface area (Å²) in [5.74, 6) is -0.616. The van der Waals surface area contributed by atoms with Gasteiger partial charge in [-0.1, -0.05) is 30.3 Å². The standard InChI is InChI=1S/C12H17NO3.2CH3.Sn/c1-9(13(2)8-11(14)15)12(16)10-6-4-3-5-7-10;;;/h3-7,9,12,16H,8H2,1-2H3,(H,14,15);2*1H3;/p+2. The van der Waals surface area contributed by atoms with Crippen LogP contribution in [0.15, 0.2) is 30.3 Å². The molecule has 0 saturated heterocycles. The first-order chi connectivity index (χ1) is 8.93. The van der Waals surface area contributed by atoms with Crippen molar-refractivity contribution in [3.63, 3.8) is 0 Å². The van der Waals surface area contributed by atoms with Gasteiger partial charge in [-0.05, 0) is 14.0 Å². The molecule has 2 unspecified atom stereocenters. The molecule has 106 valence electrons. The van der Waals surface area contributed by atoms with Gasteiger partial charge in [0, 0.05) is 10.4 Å². The first kappa shape index (κ1) is 18.4. The van der Waals surface area contributed by atoms with E-state index in [9.17, 15) is 4.79 Å². The number of nitrogens with zero attached hydrogens (tertiary/aromatic N) is 1. The fraction of sp³-hybridized carbons (Fsp3) is 0.500.